The molecule has 0 spiro atoms. The first-order chi connectivity index (χ1) is 10.3. The van der Waals surface area contributed by atoms with Crippen molar-refractivity contribution in [3.8, 4) is 0 Å². The predicted octanol–water partition coefficient (Wildman–Crippen LogP) is 1.44. The zero-order valence-corrected chi connectivity index (χ0v) is 11.4. The van der Waals surface area contributed by atoms with Gasteiger partial charge in [-0.05, 0) is 11.5 Å². The molecule has 0 aliphatic rings. The molecule has 0 aliphatic carbocycles. The molecular weight excluding hydrogens is 266 g/mol. The third-order valence-corrected chi connectivity index (χ3v) is 3.26. The van der Waals surface area contributed by atoms with E-state index in [4.69, 9.17) is 5.73 Å². The van der Waals surface area contributed by atoms with Gasteiger partial charge in [0.05, 0.1) is 12.1 Å². The van der Waals surface area contributed by atoms with Crippen LogP contribution in [-0.2, 0) is 6.54 Å². The Hall–Kier alpha value is -2.89. The zero-order chi connectivity index (χ0) is 14.7. The van der Waals surface area contributed by atoms with Gasteiger partial charge in [-0.2, -0.15) is 5.10 Å². The van der Waals surface area contributed by atoms with Gasteiger partial charge >= 0.3 is 0 Å². The summed E-state index contributed by atoms with van der Waals surface area (Å²) in [6.45, 7) is 1.12. The van der Waals surface area contributed by atoms with Gasteiger partial charge in [-0.15, -0.1) is 0 Å². The molecular formula is C15H15N5O. The minimum atomic E-state index is -0.161. The summed E-state index contributed by atoms with van der Waals surface area (Å²) in [6.07, 6.45) is 5.08. The summed E-state index contributed by atoms with van der Waals surface area (Å²) in [5.41, 5.74) is 6.36. The zero-order valence-electron chi connectivity index (χ0n) is 11.4. The first-order valence-corrected chi connectivity index (χ1v) is 6.64. The van der Waals surface area contributed by atoms with E-state index in [1.807, 2.05) is 36.5 Å². The molecule has 6 nitrogen and oxygen atoms in total. The Morgan fingerprint density at radius 2 is 2.05 bits per heavy atom. The minimum Gasteiger partial charge on any atom is -0.383 e. The molecule has 0 saturated carbocycles. The van der Waals surface area contributed by atoms with Crippen LogP contribution < -0.4 is 11.1 Å². The maximum atomic E-state index is 12.3. The minimum absolute atomic E-state index is 0.161. The number of nitrogens with two attached hydrogens (primary N) is 1. The number of nitrogen functional groups attached to an aromatic ring is 1. The summed E-state index contributed by atoms with van der Waals surface area (Å²) in [7, 11) is 0. The molecule has 0 unspecified atom stereocenters. The van der Waals surface area contributed by atoms with Crippen LogP contribution >= 0.6 is 0 Å². The van der Waals surface area contributed by atoms with Gasteiger partial charge in [-0.25, -0.2) is 4.98 Å². The monoisotopic (exact) mass is 281 g/mol. The van der Waals surface area contributed by atoms with Crippen molar-refractivity contribution in [1.29, 1.82) is 0 Å². The Labute approximate surface area is 121 Å². The smallest absolute Gasteiger partial charge is 0.253 e. The summed E-state index contributed by atoms with van der Waals surface area (Å²) < 4.78 is 1.76. The Bertz CT molecular complexity index is 767. The number of hydrogen-bond donors (Lipinski definition) is 2. The lowest BCUT2D eigenvalue weighted by Crippen LogP contribution is -2.27. The third-order valence-electron chi connectivity index (χ3n) is 3.26. The highest BCUT2D eigenvalue weighted by atomic mass is 16.1. The Balaban J connectivity index is 1.77. The number of benzene rings is 1. The van der Waals surface area contributed by atoms with Crippen LogP contribution in [0, 0.1) is 0 Å². The number of nitrogens with zero attached hydrogens (tertiary/aromatic N) is 3. The highest BCUT2D eigenvalue weighted by Crippen LogP contribution is 2.22. The second kappa shape index (κ2) is 5.62. The normalized spacial score (nSPS) is 10.7. The molecule has 6 heteroatoms. The van der Waals surface area contributed by atoms with Crippen molar-refractivity contribution >= 4 is 22.5 Å². The fraction of sp³-hybridized carbons (Fsp3) is 0.133. The van der Waals surface area contributed by atoms with Crippen molar-refractivity contribution in [2.24, 2.45) is 0 Å². The summed E-state index contributed by atoms with van der Waals surface area (Å²) >= 11 is 0. The lowest BCUT2D eigenvalue weighted by molar-refractivity contribution is 0.0953. The molecule has 2 heterocycles. The number of carbonyl (C=O) groups is 1. The van der Waals surface area contributed by atoms with E-state index in [2.05, 4.69) is 15.4 Å². The van der Waals surface area contributed by atoms with E-state index in [9.17, 15) is 4.79 Å². The number of anilines is 1. The van der Waals surface area contributed by atoms with Crippen molar-refractivity contribution in [1.82, 2.24) is 20.1 Å². The molecule has 0 radical (unpaired) electrons. The number of hydrogen-bond acceptors (Lipinski definition) is 4. The molecule has 106 valence electrons. The summed E-state index contributed by atoms with van der Waals surface area (Å²) in [5, 5.41) is 8.55. The summed E-state index contributed by atoms with van der Waals surface area (Å²) in [4.78, 5) is 16.4. The molecule has 3 aromatic rings. The maximum absolute atomic E-state index is 12.3. The Kier molecular flexibility index (Phi) is 3.51. The number of pyridine rings is 1. The van der Waals surface area contributed by atoms with Crippen LogP contribution in [0.1, 0.15) is 10.4 Å². The van der Waals surface area contributed by atoms with E-state index in [1.165, 1.54) is 6.20 Å². The fourth-order valence-corrected chi connectivity index (χ4v) is 2.21. The van der Waals surface area contributed by atoms with Crippen molar-refractivity contribution in [2.75, 3.05) is 12.3 Å². The topological polar surface area (TPSA) is 85.8 Å². The number of carbonyl (C=O) groups excluding carboxylic acids is 1. The second-order valence-corrected chi connectivity index (χ2v) is 4.63. The van der Waals surface area contributed by atoms with Crippen LogP contribution in [0.25, 0.3) is 10.8 Å². The van der Waals surface area contributed by atoms with Crippen molar-refractivity contribution in [3.05, 3.63) is 54.5 Å². The van der Waals surface area contributed by atoms with Crippen LogP contribution in [-0.4, -0.2) is 27.2 Å². The number of nitrogens with one attached hydrogen (secondary N) is 1. The lowest BCUT2D eigenvalue weighted by Gasteiger charge is -2.09. The quantitative estimate of drug-likeness (QED) is 0.757. The number of fused-ring (bicyclic) bond motifs is 1. The van der Waals surface area contributed by atoms with Gasteiger partial charge in [0.15, 0.2) is 0 Å². The third kappa shape index (κ3) is 2.69. The average molecular weight is 281 g/mol. The van der Waals surface area contributed by atoms with E-state index in [0.717, 1.165) is 10.8 Å². The van der Waals surface area contributed by atoms with Crippen molar-refractivity contribution in [2.45, 2.75) is 6.54 Å². The molecule has 0 atom stereocenters. The van der Waals surface area contributed by atoms with Crippen LogP contribution in [0.15, 0.2) is 48.9 Å². The molecule has 21 heavy (non-hydrogen) atoms. The van der Waals surface area contributed by atoms with E-state index < -0.39 is 0 Å². The standard InChI is InChI=1S/C15H15N5O/c16-14-12-5-2-1-4-11(12)13(10-18-14)15(21)17-7-9-20-8-3-6-19-20/h1-6,8,10H,7,9H2,(H2,16,18)(H,17,21). The second-order valence-electron chi connectivity index (χ2n) is 4.63. The van der Waals surface area contributed by atoms with E-state index in [0.29, 0.717) is 24.5 Å². The molecule has 1 amide bonds. The van der Waals surface area contributed by atoms with Gasteiger partial charge in [-0.3, -0.25) is 9.48 Å². The van der Waals surface area contributed by atoms with Crippen LogP contribution in [0.5, 0.6) is 0 Å². The van der Waals surface area contributed by atoms with E-state index >= 15 is 0 Å². The number of amides is 1. The largest absolute Gasteiger partial charge is 0.383 e. The van der Waals surface area contributed by atoms with E-state index in [-0.39, 0.29) is 5.91 Å². The average Bonchev–Trinajstić information content (AvgIpc) is 3.01. The SMILES string of the molecule is Nc1ncc(C(=O)NCCn2cccn2)c2ccccc12. The fourth-order valence-electron chi connectivity index (χ4n) is 2.21. The van der Waals surface area contributed by atoms with Gasteiger partial charge in [0.1, 0.15) is 5.82 Å². The molecule has 0 aliphatic heterocycles. The first kappa shape index (κ1) is 13.1. The van der Waals surface area contributed by atoms with Gasteiger partial charge in [0.25, 0.3) is 5.91 Å². The first-order valence-electron chi connectivity index (χ1n) is 6.64. The number of rotatable bonds is 4. The molecule has 3 N–H and O–H groups in total. The Morgan fingerprint density at radius 3 is 2.81 bits per heavy atom. The van der Waals surface area contributed by atoms with Gasteiger partial charge in [0, 0.05) is 30.5 Å². The molecule has 1 aromatic carbocycles. The highest BCUT2D eigenvalue weighted by Gasteiger charge is 2.11. The molecule has 3 rings (SSSR count). The van der Waals surface area contributed by atoms with Gasteiger partial charge < -0.3 is 11.1 Å². The van der Waals surface area contributed by atoms with Crippen molar-refractivity contribution < 1.29 is 4.79 Å². The number of aromatic nitrogens is 3. The predicted molar refractivity (Wildman–Crippen MR) is 80.7 cm³/mol. The van der Waals surface area contributed by atoms with Crippen LogP contribution in [0.4, 0.5) is 5.82 Å². The van der Waals surface area contributed by atoms with E-state index in [1.54, 1.807) is 10.9 Å². The highest BCUT2D eigenvalue weighted by molar-refractivity contribution is 6.08. The van der Waals surface area contributed by atoms with Crippen molar-refractivity contribution in [3.63, 3.8) is 0 Å². The molecule has 0 bridgehead atoms. The molecule has 0 saturated heterocycles. The summed E-state index contributed by atoms with van der Waals surface area (Å²) in [6, 6.07) is 9.33. The Morgan fingerprint density at radius 1 is 1.24 bits per heavy atom. The molecule has 2 aromatic heterocycles. The van der Waals surface area contributed by atoms with Crippen LogP contribution in [0.3, 0.4) is 0 Å². The summed E-state index contributed by atoms with van der Waals surface area (Å²) in [5.74, 6) is 0.268. The van der Waals surface area contributed by atoms with Crippen LogP contribution in [0.2, 0.25) is 0 Å². The lowest BCUT2D eigenvalue weighted by atomic mass is 10.1. The molecule has 0 fully saturated rings. The maximum Gasteiger partial charge on any atom is 0.253 e. The van der Waals surface area contributed by atoms with Gasteiger partial charge in [0.2, 0.25) is 0 Å². The van der Waals surface area contributed by atoms with Gasteiger partial charge in [-0.1, -0.05) is 24.3 Å².